The lowest BCUT2D eigenvalue weighted by Crippen LogP contribution is -2.50. The zero-order valence-electron chi connectivity index (χ0n) is 29.4. The van der Waals surface area contributed by atoms with Crippen LogP contribution in [0.1, 0.15) is 51.6 Å². The number of carboxylic acid groups (broad SMARTS) is 1. The van der Waals surface area contributed by atoms with E-state index in [1.807, 2.05) is 12.1 Å². The number of aliphatic carboxylic acids is 1. The number of pyridine rings is 1. The lowest BCUT2D eigenvalue weighted by Gasteiger charge is -2.33. The van der Waals surface area contributed by atoms with Crippen molar-refractivity contribution >= 4 is 28.7 Å². The maximum Gasteiger partial charge on any atom is 0.345 e. The number of likely N-dealkylation sites (tertiary alicyclic amines) is 1. The minimum Gasteiger partial charge on any atom is -0.506 e. The number of aliphatic hydroxyl groups is 2. The predicted octanol–water partition coefficient (Wildman–Crippen LogP) is 3.22. The van der Waals surface area contributed by atoms with Crippen LogP contribution in [0.15, 0.2) is 108 Å². The molecular formula is C41H42N4O9. The number of aromatic hydroxyl groups is 1. The fourth-order valence-electron chi connectivity index (χ4n) is 6.68. The number of carboxylic acids is 1. The van der Waals surface area contributed by atoms with Crippen LogP contribution in [0.2, 0.25) is 0 Å². The number of phenolic OH excluding ortho intramolecular Hbond substituents is 1. The molecule has 2 amide bonds. The summed E-state index contributed by atoms with van der Waals surface area (Å²) in [7, 11) is 0. The summed E-state index contributed by atoms with van der Waals surface area (Å²) < 4.78 is 5.74. The SMILES string of the molecule is O=C(N[C@H]1CCCN(C(=O)COc2cccc([C@](O)(C(=O)O)c3ccccc3)c2)C1)c1ccc(CCNC[C@H](O)c2ccc(O)c3[nH]c(=O)ccc23)cc1. The number of fused-ring (bicyclic) bond motifs is 1. The maximum absolute atomic E-state index is 13.1. The van der Waals surface area contributed by atoms with Gasteiger partial charge in [0.1, 0.15) is 11.5 Å². The summed E-state index contributed by atoms with van der Waals surface area (Å²) in [5, 5.41) is 48.8. The topological polar surface area (TPSA) is 202 Å². The number of aromatic amines is 1. The van der Waals surface area contributed by atoms with Gasteiger partial charge < -0.3 is 45.7 Å². The van der Waals surface area contributed by atoms with E-state index in [9.17, 15) is 39.6 Å². The number of benzene rings is 4. The number of nitrogens with zero attached hydrogens (tertiary/aromatic N) is 1. The lowest BCUT2D eigenvalue weighted by molar-refractivity contribution is -0.155. The first-order chi connectivity index (χ1) is 26.0. The normalized spacial score (nSPS) is 16.0. The third kappa shape index (κ3) is 8.60. The van der Waals surface area contributed by atoms with Crippen LogP contribution in [0, 0.1) is 0 Å². The molecule has 3 atom stereocenters. The molecule has 0 radical (unpaired) electrons. The van der Waals surface area contributed by atoms with Gasteiger partial charge in [0.25, 0.3) is 11.8 Å². The highest BCUT2D eigenvalue weighted by molar-refractivity contribution is 5.94. The molecule has 4 aromatic carbocycles. The van der Waals surface area contributed by atoms with E-state index in [1.54, 1.807) is 59.5 Å². The second kappa shape index (κ2) is 16.8. The largest absolute Gasteiger partial charge is 0.506 e. The Morgan fingerprint density at radius 1 is 0.944 bits per heavy atom. The molecule has 280 valence electrons. The average molecular weight is 735 g/mol. The van der Waals surface area contributed by atoms with Crippen LogP contribution in [0.5, 0.6) is 11.5 Å². The highest BCUT2D eigenvalue weighted by atomic mass is 16.5. The van der Waals surface area contributed by atoms with Crippen molar-refractivity contribution in [2.24, 2.45) is 0 Å². The Labute approximate surface area is 310 Å². The molecule has 0 bridgehead atoms. The van der Waals surface area contributed by atoms with E-state index in [0.29, 0.717) is 55.4 Å². The van der Waals surface area contributed by atoms with Crippen LogP contribution in [0.4, 0.5) is 0 Å². The van der Waals surface area contributed by atoms with Gasteiger partial charge in [-0.25, -0.2) is 4.79 Å². The summed E-state index contributed by atoms with van der Waals surface area (Å²) in [6, 6.07) is 27.1. The molecule has 0 spiro atoms. The summed E-state index contributed by atoms with van der Waals surface area (Å²) in [5.41, 5.74) is -0.0222. The molecule has 1 aromatic heterocycles. The van der Waals surface area contributed by atoms with Crippen LogP contribution in [0.25, 0.3) is 10.9 Å². The van der Waals surface area contributed by atoms with Gasteiger partial charge >= 0.3 is 5.97 Å². The average Bonchev–Trinajstić information content (AvgIpc) is 3.19. The third-order valence-electron chi connectivity index (χ3n) is 9.63. The van der Waals surface area contributed by atoms with Crippen LogP contribution in [-0.4, -0.2) is 86.9 Å². The van der Waals surface area contributed by atoms with Crippen molar-refractivity contribution in [1.29, 1.82) is 0 Å². The summed E-state index contributed by atoms with van der Waals surface area (Å²) in [6.45, 7) is 1.34. The Kier molecular flexibility index (Phi) is 11.7. The van der Waals surface area contributed by atoms with Gasteiger partial charge in [-0.05, 0) is 78.9 Å². The fraction of sp³-hybridized carbons (Fsp3) is 0.268. The first-order valence-electron chi connectivity index (χ1n) is 17.7. The Hall–Kier alpha value is -6.02. The number of hydrogen-bond acceptors (Lipinski definition) is 9. The van der Waals surface area contributed by atoms with Crippen molar-refractivity contribution in [3.8, 4) is 11.5 Å². The maximum atomic E-state index is 13.1. The van der Waals surface area contributed by atoms with Crippen LogP contribution in [-0.2, 0) is 21.6 Å². The number of phenols is 1. The molecule has 6 rings (SSSR count). The number of aromatic nitrogens is 1. The van der Waals surface area contributed by atoms with E-state index < -0.39 is 17.7 Å². The van der Waals surface area contributed by atoms with Gasteiger partial charge in [0.15, 0.2) is 6.61 Å². The zero-order chi connectivity index (χ0) is 38.2. The number of hydrogen-bond donors (Lipinski definition) is 7. The summed E-state index contributed by atoms with van der Waals surface area (Å²) in [4.78, 5) is 54.3. The van der Waals surface area contributed by atoms with Gasteiger partial charge in [0.2, 0.25) is 11.2 Å². The molecule has 2 heterocycles. The van der Waals surface area contributed by atoms with Gasteiger partial charge in [-0.1, -0.05) is 60.7 Å². The molecule has 54 heavy (non-hydrogen) atoms. The molecule has 1 fully saturated rings. The second-order valence-electron chi connectivity index (χ2n) is 13.3. The fourth-order valence-corrected chi connectivity index (χ4v) is 6.68. The zero-order valence-corrected chi connectivity index (χ0v) is 29.4. The van der Waals surface area contributed by atoms with Crippen molar-refractivity contribution in [3.63, 3.8) is 0 Å². The van der Waals surface area contributed by atoms with Gasteiger partial charge in [0.05, 0.1) is 11.6 Å². The number of aliphatic hydroxyl groups excluding tert-OH is 1. The molecule has 1 aliphatic rings. The number of H-pyrrole nitrogens is 1. The minimum absolute atomic E-state index is 0.0676. The molecule has 0 unspecified atom stereocenters. The van der Waals surface area contributed by atoms with E-state index in [1.165, 1.54) is 36.4 Å². The Balaban J connectivity index is 0.958. The van der Waals surface area contributed by atoms with E-state index in [-0.39, 0.29) is 64.7 Å². The number of carbonyl (C=O) groups is 3. The molecule has 1 saturated heterocycles. The number of amides is 2. The monoisotopic (exact) mass is 734 g/mol. The lowest BCUT2D eigenvalue weighted by atomic mass is 9.86. The highest BCUT2D eigenvalue weighted by Crippen LogP contribution is 2.32. The molecule has 1 aliphatic heterocycles. The predicted molar refractivity (Wildman–Crippen MR) is 200 cm³/mol. The molecule has 13 nitrogen and oxygen atoms in total. The van der Waals surface area contributed by atoms with Gasteiger partial charge in [-0.3, -0.25) is 14.4 Å². The molecule has 5 aromatic rings. The highest BCUT2D eigenvalue weighted by Gasteiger charge is 2.40. The molecular weight excluding hydrogens is 692 g/mol. The van der Waals surface area contributed by atoms with E-state index in [2.05, 4.69) is 15.6 Å². The summed E-state index contributed by atoms with van der Waals surface area (Å²) >= 11 is 0. The van der Waals surface area contributed by atoms with E-state index >= 15 is 0 Å². The first-order valence-corrected chi connectivity index (χ1v) is 17.7. The standard InChI is InChI=1S/C41H42N4O9/c46-34-17-15-32(33-16-18-36(48)44-38(33)34)35(47)23-42-20-19-26-11-13-27(14-12-26)39(50)43-30-9-5-21-45(24-30)37(49)25-54-31-10-4-8-29(22-31)41(53,40(51)52)28-6-2-1-3-7-28/h1-4,6-8,10-18,22,30,35,42,46-47,53H,5,9,19-21,23-25H2,(H,43,50)(H,44,48)(H,51,52)/t30-,35-,41-/m0/s1. The van der Waals surface area contributed by atoms with Gasteiger partial charge in [-0.15, -0.1) is 0 Å². The van der Waals surface area contributed by atoms with Crippen molar-refractivity contribution in [3.05, 3.63) is 141 Å². The van der Waals surface area contributed by atoms with Crippen molar-refractivity contribution in [1.82, 2.24) is 20.5 Å². The number of nitrogens with one attached hydrogen (secondary N) is 3. The number of carbonyl (C=O) groups excluding carboxylic acids is 2. The Morgan fingerprint density at radius 3 is 2.46 bits per heavy atom. The third-order valence-corrected chi connectivity index (χ3v) is 9.63. The van der Waals surface area contributed by atoms with Gasteiger partial charge in [-0.2, -0.15) is 0 Å². The van der Waals surface area contributed by atoms with E-state index in [0.717, 1.165) is 5.56 Å². The molecule has 7 N–H and O–H groups in total. The minimum atomic E-state index is -2.30. The van der Waals surface area contributed by atoms with Gasteiger partial charge in [0, 0.05) is 48.3 Å². The van der Waals surface area contributed by atoms with Crippen molar-refractivity contribution in [2.45, 2.75) is 37.0 Å². The second-order valence-corrected chi connectivity index (χ2v) is 13.3. The number of piperidine rings is 1. The van der Waals surface area contributed by atoms with Crippen molar-refractivity contribution in [2.75, 3.05) is 32.8 Å². The molecule has 13 heteroatoms. The van der Waals surface area contributed by atoms with E-state index in [4.69, 9.17) is 4.74 Å². The first kappa shape index (κ1) is 37.7. The number of ether oxygens (including phenoxy) is 1. The van der Waals surface area contributed by atoms with Crippen LogP contribution >= 0.6 is 0 Å². The quantitative estimate of drug-likeness (QED) is 0.0831. The summed E-state index contributed by atoms with van der Waals surface area (Å²) in [6.07, 6.45) is 1.18. The molecule has 0 aliphatic carbocycles. The van der Waals surface area contributed by atoms with Crippen LogP contribution < -0.4 is 20.9 Å². The summed E-state index contributed by atoms with van der Waals surface area (Å²) in [5.74, 6) is -1.81. The number of rotatable bonds is 14. The Bertz CT molecular complexity index is 2170. The smallest absolute Gasteiger partial charge is 0.345 e. The van der Waals surface area contributed by atoms with Crippen molar-refractivity contribution < 1.29 is 39.5 Å². The molecule has 0 saturated carbocycles. The van der Waals surface area contributed by atoms with Crippen LogP contribution in [0.3, 0.4) is 0 Å². The Morgan fingerprint density at radius 2 is 1.70 bits per heavy atom.